The SMILES string of the molecule is CN=C(C=CN)C1(O)CCC(NC(=O)c2cnc(Cl)cc2NC(C)C)CC1. The third kappa shape index (κ3) is 5.43. The zero-order chi connectivity index (χ0) is 20.0. The number of nitrogens with one attached hydrogen (secondary N) is 2. The summed E-state index contributed by atoms with van der Waals surface area (Å²) < 4.78 is 0. The maximum absolute atomic E-state index is 12.7. The van der Waals surface area contributed by atoms with Crippen LogP contribution in [0.1, 0.15) is 49.9 Å². The average Bonchev–Trinajstić information content (AvgIpc) is 2.61. The fraction of sp³-hybridized carbons (Fsp3) is 0.526. The number of nitrogens with two attached hydrogens (primary N) is 1. The molecule has 1 aliphatic rings. The molecule has 7 nitrogen and oxygen atoms in total. The lowest BCUT2D eigenvalue weighted by Crippen LogP contribution is -2.47. The van der Waals surface area contributed by atoms with Gasteiger partial charge in [-0.1, -0.05) is 11.6 Å². The van der Waals surface area contributed by atoms with Gasteiger partial charge in [-0.25, -0.2) is 4.98 Å². The van der Waals surface area contributed by atoms with Crippen LogP contribution >= 0.6 is 11.6 Å². The molecule has 1 aromatic rings. The molecule has 0 unspecified atom stereocenters. The van der Waals surface area contributed by atoms with Crippen LogP contribution in [0.4, 0.5) is 5.69 Å². The Kier molecular flexibility index (Phi) is 7.21. The molecule has 0 bridgehead atoms. The number of pyridine rings is 1. The van der Waals surface area contributed by atoms with E-state index in [1.165, 1.54) is 12.4 Å². The van der Waals surface area contributed by atoms with E-state index in [4.69, 9.17) is 17.3 Å². The van der Waals surface area contributed by atoms with Crippen molar-refractivity contribution in [2.75, 3.05) is 12.4 Å². The molecule has 1 fully saturated rings. The highest BCUT2D eigenvalue weighted by Crippen LogP contribution is 2.31. The van der Waals surface area contributed by atoms with Gasteiger partial charge in [-0.3, -0.25) is 9.79 Å². The Morgan fingerprint density at radius 2 is 2.15 bits per heavy atom. The lowest BCUT2D eigenvalue weighted by atomic mass is 9.79. The molecule has 0 radical (unpaired) electrons. The average molecular weight is 394 g/mol. The minimum Gasteiger partial charge on any atom is -0.405 e. The first-order valence-corrected chi connectivity index (χ1v) is 9.47. The molecule has 0 saturated heterocycles. The van der Waals surface area contributed by atoms with Crippen molar-refractivity contribution in [2.24, 2.45) is 10.7 Å². The minimum absolute atomic E-state index is 0.0275. The smallest absolute Gasteiger partial charge is 0.255 e. The van der Waals surface area contributed by atoms with Crippen LogP contribution in [0.5, 0.6) is 0 Å². The van der Waals surface area contributed by atoms with E-state index in [1.54, 1.807) is 19.2 Å². The summed E-state index contributed by atoms with van der Waals surface area (Å²) in [5, 5.41) is 17.4. The number of aliphatic imine (C=N–C) groups is 1. The van der Waals surface area contributed by atoms with Crippen LogP contribution in [0, 0.1) is 0 Å². The van der Waals surface area contributed by atoms with Gasteiger partial charge in [0.05, 0.1) is 17.0 Å². The normalized spacial score (nSPS) is 23.6. The van der Waals surface area contributed by atoms with Crippen LogP contribution in [-0.2, 0) is 0 Å². The van der Waals surface area contributed by atoms with Crippen molar-refractivity contribution < 1.29 is 9.90 Å². The molecule has 27 heavy (non-hydrogen) atoms. The van der Waals surface area contributed by atoms with Crippen LogP contribution in [-0.4, -0.2) is 46.4 Å². The summed E-state index contributed by atoms with van der Waals surface area (Å²) in [5.74, 6) is -0.205. The Hall–Kier alpha value is -2.12. The molecule has 0 spiro atoms. The molecule has 1 saturated carbocycles. The van der Waals surface area contributed by atoms with E-state index in [1.807, 2.05) is 13.8 Å². The van der Waals surface area contributed by atoms with Crippen molar-refractivity contribution >= 4 is 28.9 Å². The number of nitrogens with zero attached hydrogens (tertiary/aromatic N) is 2. The predicted molar refractivity (Wildman–Crippen MR) is 109 cm³/mol. The Labute approximate surface area is 165 Å². The highest BCUT2D eigenvalue weighted by atomic mass is 35.5. The number of hydrogen-bond acceptors (Lipinski definition) is 6. The van der Waals surface area contributed by atoms with Gasteiger partial charge in [0.15, 0.2) is 0 Å². The first kappa shape index (κ1) is 21.2. The number of carbonyl (C=O) groups excluding carboxylic acids is 1. The topological polar surface area (TPSA) is 113 Å². The van der Waals surface area contributed by atoms with Gasteiger partial charge in [-0.2, -0.15) is 0 Å². The lowest BCUT2D eigenvalue weighted by molar-refractivity contribution is 0.0582. The van der Waals surface area contributed by atoms with Gasteiger partial charge in [0.2, 0.25) is 0 Å². The monoisotopic (exact) mass is 393 g/mol. The number of amides is 1. The summed E-state index contributed by atoms with van der Waals surface area (Å²) in [5.41, 5.74) is 6.11. The van der Waals surface area contributed by atoms with E-state index in [9.17, 15) is 9.90 Å². The number of carbonyl (C=O) groups is 1. The molecule has 1 amide bonds. The van der Waals surface area contributed by atoms with Gasteiger partial charge < -0.3 is 21.5 Å². The van der Waals surface area contributed by atoms with E-state index in [0.717, 1.165) is 0 Å². The van der Waals surface area contributed by atoms with E-state index in [0.29, 0.717) is 47.8 Å². The molecule has 0 aromatic carbocycles. The summed E-state index contributed by atoms with van der Waals surface area (Å²) >= 11 is 5.96. The van der Waals surface area contributed by atoms with Crippen molar-refractivity contribution in [1.82, 2.24) is 10.3 Å². The van der Waals surface area contributed by atoms with Gasteiger partial charge in [0.25, 0.3) is 5.91 Å². The van der Waals surface area contributed by atoms with Crippen LogP contribution < -0.4 is 16.4 Å². The lowest BCUT2D eigenvalue weighted by Gasteiger charge is -2.36. The van der Waals surface area contributed by atoms with Gasteiger partial charge in [-0.05, 0) is 57.9 Å². The van der Waals surface area contributed by atoms with Gasteiger partial charge in [-0.15, -0.1) is 0 Å². The van der Waals surface area contributed by atoms with Crippen molar-refractivity contribution in [1.29, 1.82) is 0 Å². The molecule has 0 aliphatic heterocycles. The maximum atomic E-state index is 12.7. The zero-order valence-corrected chi connectivity index (χ0v) is 16.8. The van der Waals surface area contributed by atoms with Crippen LogP contribution in [0.2, 0.25) is 5.15 Å². The van der Waals surface area contributed by atoms with Crippen molar-refractivity contribution in [2.45, 2.75) is 57.2 Å². The molecule has 2 rings (SSSR count). The third-order valence-electron chi connectivity index (χ3n) is 4.68. The highest BCUT2D eigenvalue weighted by molar-refractivity contribution is 6.29. The number of anilines is 1. The molecule has 148 valence electrons. The van der Waals surface area contributed by atoms with E-state index < -0.39 is 5.60 Å². The Morgan fingerprint density at radius 3 is 2.70 bits per heavy atom. The molecular weight excluding hydrogens is 366 g/mol. The molecule has 1 heterocycles. The Bertz CT molecular complexity index is 725. The number of hydrogen-bond donors (Lipinski definition) is 4. The number of halogens is 1. The second-order valence-corrected chi connectivity index (χ2v) is 7.49. The summed E-state index contributed by atoms with van der Waals surface area (Å²) in [6, 6.07) is 1.78. The van der Waals surface area contributed by atoms with Gasteiger partial charge >= 0.3 is 0 Å². The van der Waals surface area contributed by atoms with Crippen LogP contribution in [0.3, 0.4) is 0 Å². The standard InChI is InChI=1S/C19H28ClN5O2/c1-12(2)24-15-10-17(20)23-11-14(15)18(26)25-13-4-7-19(27,8-5-13)16(22-3)6-9-21/h6,9-13,27H,4-5,7-8,21H2,1-3H3,(H,23,24)(H,25,26). The number of rotatable bonds is 6. The fourth-order valence-corrected chi connectivity index (χ4v) is 3.49. The highest BCUT2D eigenvalue weighted by Gasteiger charge is 2.37. The summed E-state index contributed by atoms with van der Waals surface area (Å²) in [7, 11) is 1.64. The molecule has 5 N–H and O–H groups in total. The molecule has 0 atom stereocenters. The number of aromatic nitrogens is 1. The Balaban J connectivity index is 2.05. The second kappa shape index (κ2) is 9.19. The van der Waals surface area contributed by atoms with Crippen molar-refractivity contribution in [3.05, 3.63) is 35.3 Å². The largest absolute Gasteiger partial charge is 0.405 e. The second-order valence-electron chi connectivity index (χ2n) is 7.10. The molecular formula is C19H28ClN5O2. The first-order chi connectivity index (χ1) is 12.8. The number of aliphatic hydroxyl groups is 1. The van der Waals surface area contributed by atoms with Crippen molar-refractivity contribution in [3.8, 4) is 0 Å². The van der Waals surface area contributed by atoms with Crippen molar-refractivity contribution in [3.63, 3.8) is 0 Å². The van der Waals surface area contributed by atoms with Gasteiger partial charge in [0, 0.05) is 25.3 Å². The van der Waals surface area contributed by atoms with E-state index >= 15 is 0 Å². The third-order valence-corrected chi connectivity index (χ3v) is 4.89. The minimum atomic E-state index is -1.00. The van der Waals surface area contributed by atoms with E-state index in [2.05, 4.69) is 20.6 Å². The molecule has 8 heteroatoms. The molecule has 1 aliphatic carbocycles. The quantitative estimate of drug-likeness (QED) is 0.438. The summed E-state index contributed by atoms with van der Waals surface area (Å²) in [6.07, 6.45) is 6.79. The zero-order valence-electron chi connectivity index (χ0n) is 16.0. The fourth-order valence-electron chi connectivity index (χ4n) is 3.33. The maximum Gasteiger partial charge on any atom is 0.255 e. The molecule has 1 aromatic heterocycles. The van der Waals surface area contributed by atoms with Crippen LogP contribution in [0.15, 0.2) is 29.5 Å². The van der Waals surface area contributed by atoms with Crippen LogP contribution in [0.25, 0.3) is 0 Å². The Morgan fingerprint density at radius 1 is 1.48 bits per heavy atom. The van der Waals surface area contributed by atoms with E-state index in [-0.39, 0.29) is 18.0 Å². The summed E-state index contributed by atoms with van der Waals surface area (Å²) in [4.78, 5) is 20.9. The predicted octanol–water partition coefficient (Wildman–Crippen LogP) is 2.50. The van der Waals surface area contributed by atoms with Gasteiger partial charge in [0.1, 0.15) is 10.8 Å². The first-order valence-electron chi connectivity index (χ1n) is 9.10. The summed E-state index contributed by atoms with van der Waals surface area (Å²) in [6.45, 7) is 3.97.